The van der Waals surface area contributed by atoms with Gasteiger partial charge >= 0.3 is 5.97 Å². The number of methoxy groups -OCH3 is 1. The standard InChI is InChI=1S/C22H40O5Si/c1-10-13-14-18(27-28(8,9)22(4,5)6)15-16-20(26-21(23)12-3)19(11-2)25-17-24-7/h11-12,15-16,18-20H,2-3,10,13-14,17H2,1,4-9H3/b16-15-/t18-,19-,20-/m0/s1. The Kier molecular flexibility index (Phi) is 12.5. The van der Waals surface area contributed by atoms with Crippen LogP contribution in [0.25, 0.3) is 0 Å². The van der Waals surface area contributed by atoms with Crippen molar-refractivity contribution in [2.24, 2.45) is 0 Å². The van der Waals surface area contributed by atoms with Gasteiger partial charge in [-0.2, -0.15) is 0 Å². The molecule has 0 aliphatic rings. The molecule has 5 nitrogen and oxygen atoms in total. The van der Waals surface area contributed by atoms with Crippen LogP contribution in [0.5, 0.6) is 0 Å². The lowest BCUT2D eigenvalue weighted by Gasteiger charge is -2.38. The zero-order chi connectivity index (χ0) is 21.8. The molecule has 0 N–H and O–H groups in total. The molecule has 162 valence electrons. The molecular weight excluding hydrogens is 372 g/mol. The molecular formula is C22H40O5Si. The van der Waals surface area contributed by atoms with Crippen LogP contribution in [0.1, 0.15) is 47.0 Å². The molecule has 28 heavy (non-hydrogen) atoms. The van der Waals surface area contributed by atoms with E-state index in [9.17, 15) is 4.79 Å². The van der Waals surface area contributed by atoms with E-state index in [2.05, 4.69) is 53.9 Å². The van der Waals surface area contributed by atoms with E-state index in [0.717, 1.165) is 25.3 Å². The van der Waals surface area contributed by atoms with Gasteiger partial charge < -0.3 is 18.6 Å². The maximum atomic E-state index is 11.8. The minimum absolute atomic E-state index is 0.0429. The van der Waals surface area contributed by atoms with Crippen LogP contribution >= 0.6 is 0 Å². The Labute approximate surface area is 172 Å². The van der Waals surface area contributed by atoms with Crippen molar-refractivity contribution in [2.75, 3.05) is 13.9 Å². The molecule has 0 aliphatic carbocycles. The molecule has 3 atom stereocenters. The summed E-state index contributed by atoms with van der Waals surface area (Å²) in [6, 6.07) is 0. The molecule has 0 rings (SSSR count). The van der Waals surface area contributed by atoms with E-state index >= 15 is 0 Å². The zero-order valence-corrected chi connectivity index (χ0v) is 19.8. The van der Waals surface area contributed by atoms with E-state index in [1.165, 1.54) is 7.11 Å². The molecule has 0 unspecified atom stereocenters. The Balaban J connectivity index is 5.51. The molecule has 0 bridgehead atoms. The highest BCUT2D eigenvalue weighted by Gasteiger charge is 2.38. The molecule has 6 heteroatoms. The molecule has 0 aromatic carbocycles. The first-order valence-corrected chi connectivity index (χ1v) is 12.9. The van der Waals surface area contributed by atoms with Crippen LogP contribution in [0, 0.1) is 0 Å². The minimum atomic E-state index is -1.93. The second-order valence-corrected chi connectivity index (χ2v) is 13.1. The number of hydrogen-bond donors (Lipinski definition) is 0. The average molecular weight is 413 g/mol. The lowest BCUT2D eigenvalue weighted by molar-refractivity contribution is -0.150. The van der Waals surface area contributed by atoms with Crippen LogP contribution < -0.4 is 0 Å². The van der Waals surface area contributed by atoms with Gasteiger partial charge in [0.15, 0.2) is 14.4 Å². The third kappa shape index (κ3) is 9.82. The fourth-order valence-corrected chi connectivity index (χ4v) is 3.54. The maximum absolute atomic E-state index is 11.8. The fourth-order valence-electron chi connectivity index (χ4n) is 2.23. The number of unbranched alkanes of at least 4 members (excludes halogenated alkanes) is 1. The van der Waals surface area contributed by atoms with Crippen LogP contribution in [-0.2, 0) is 23.4 Å². The highest BCUT2D eigenvalue weighted by atomic mass is 28.4. The summed E-state index contributed by atoms with van der Waals surface area (Å²) in [5, 5.41) is 0.116. The van der Waals surface area contributed by atoms with E-state index in [1.807, 2.05) is 12.2 Å². The van der Waals surface area contributed by atoms with E-state index in [0.29, 0.717) is 0 Å². The topological polar surface area (TPSA) is 54.0 Å². The number of esters is 1. The van der Waals surface area contributed by atoms with Crippen molar-refractivity contribution >= 4 is 14.3 Å². The van der Waals surface area contributed by atoms with Gasteiger partial charge in [0.2, 0.25) is 0 Å². The summed E-state index contributed by atoms with van der Waals surface area (Å²) in [5.41, 5.74) is 0. The van der Waals surface area contributed by atoms with Gasteiger partial charge in [-0.25, -0.2) is 4.79 Å². The zero-order valence-electron chi connectivity index (χ0n) is 18.8. The highest BCUT2D eigenvalue weighted by Crippen LogP contribution is 2.38. The summed E-state index contributed by atoms with van der Waals surface area (Å²) < 4.78 is 22.6. The predicted octanol–water partition coefficient (Wildman–Crippen LogP) is 5.40. The van der Waals surface area contributed by atoms with Crippen molar-refractivity contribution in [1.82, 2.24) is 0 Å². The van der Waals surface area contributed by atoms with Gasteiger partial charge in [0.05, 0.1) is 6.10 Å². The van der Waals surface area contributed by atoms with E-state index in [1.54, 1.807) is 6.08 Å². The largest absolute Gasteiger partial charge is 0.452 e. The fraction of sp³-hybridized carbons (Fsp3) is 0.682. The van der Waals surface area contributed by atoms with Gasteiger partial charge in [0.25, 0.3) is 0 Å². The average Bonchev–Trinajstić information content (AvgIpc) is 2.62. The van der Waals surface area contributed by atoms with Gasteiger partial charge in [-0.05, 0) is 30.6 Å². The summed E-state index contributed by atoms with van der Waals surface area (Å²) in [5.74, 6) is -0.516. The smallest absolute Gasteiger partial charge is 0.330 e. The molecule has 0 amide bonds. The Morgan fingerprint density at radius 3 is 2.25 bits per heavy atom. The van der Waals surface area contributed by atoms with Crippen molar-refractivity contribution in [1.29, 1.82) is 0 Å². The van der Waals surface area contributed by atoms with Gasteiger partial charge in [-0.3, -0.25) is 0 Å². The molecule has 0 fully saturated rings. The molecule has 0 aliphatic heterocycles. The van der Waals surface area contributed by atoms with E-state index in [4.69, 9.17) is 18.6 Å². The molecule has 0 aromatic heterocycles. The molecule has 0 aromatic rings. The number of rotatable bonds is 14. The van der Waals surface area contributed by atoms with Crippen molar-refractivity contribution in [2.45, 2.75) is 83.4 Å². The van der Waals surface area contributed by atoms with Crippen LogP contribution in [0.2, 0.25) is 18.1 Å². The first kappa shape index (κ1) is 26.8. The number of carbonyl (C=O) groups is 1. The van der Waals surface area contributed by atoms with E-state index < -0.39 is 26.5 Å². The summed E-state index contributed by atoms with van der Waals surface area (Å²) in [6.45, 7) is 20.6. The summed E-state index contributed by atoms with van der Waals surface area (Å²) in [7, 11) is -0.396. The summed E-state index contributed by atoms with van der Waals surface area (Å²) in [4.78, 5) is 11.8. The summed E-state index contributed by atoms with van der Waals surface area (Å²) >= 11 is 0. The van der Waals surface area contributed by atoms with Gasteiger partial charge in [0.1, 0.15) is 12.9 Å². The molecule has 0 saturated carbocycles. The quantitative estimate of drug-likeness (QED) is 0.126. The molecule has 0 heterocycles. The Morgan fingerprint density at radius 1 is 1.14 bits per heavy atom. The maximum Gasteiger partial charge on any atom is 0.330 e. The van der Waals surface area contributed by atoms with Crippen molar-refractivity contribution in [3.8, 4) is 0 Å². The van der Waals surface area contributed by atoms with Crippen LogP contribution in [0.15, 0.2) is 37.5 Å². The van der Waals surface area contributed by atoms with Crippen molar-refractivity contribution in [3.05, 3.63) is 37.5 Å². The first-order chi connectivity index (χ1) is 13.0. The second-order valence-electron chi connectivity index (χ2n) is 8.32. The third-order valence-electron chi connectivity index (χ3n) is 4.96. The molecule has 0 radical (unpaired) electrons. The Bertz CT molecular complexity index is 508. The van der Waals surface area contributed by atoms with Crippen LogP contribution in [0.4, 0.5) is 0 Å². The van der Waals surface area contributed by atoms with E-state index in [-0.39, 0.29) is 17.9 Å². The predicted molar refractivity (Wildman–Crippen MR) is 118 cm³/mol. The van der Waals surface area contributed by atoms with Crippen LogP contribution in [0.3, 0.4) is 0 Å². The van der Waals surface area contributed by atoms with Gasteiger partial charge in [-0.1, -0.05) is 59.3 Å². The lowest BCUT2D eigenvalue weighted by atomic mass is 10.1. The van der Waals surface area contributed by atoms with Gasteiger partial charge in [-0.15, -0.1) is 6.58 Å². The van der Waals surface area contributed by atoms with Crippen molar-refractivity contribution < 1.29 is 23.4 Å². The molecule has 0 spiro atoms. The minimum Gasteiger partial charge on any atom is -0.452 e. The second kappa shape index (κ2) is 13.1. The monoisotopic (exact) mass is 412 g/mol. The Morgan fingerprint density at radius 2 is 1.79 bits per heavy atom. The number of ether oxygens (including phenoxy) is 3. The normalized spacial score (nSPS) is 15.8. The number of carbonyl (C=O) groups excluding carboxylic acids is 1. The third-order valence-corrected chi connectivity index (χ3v) is 9.47. The highest BCUT2D eigenvalue weighted by molar-refractivity contribution is 6.74. The van der Waals surface area contributed by atoms with Crippen molar-refractivity contribution in [3.63, 3.8) is 0 Å². The number of hydrogen-bond acceptors (Lipinski definition) is 5. The Hall–Kier alpha value is -1.21. The first-order valence-electron chi connectivity index (χ1n) is 9.94. The van der Waals surface area contributed by atoms with Crippen LogP contribution in [-0.4, -0.2) is 46.5 Å². The molecule has 0 saturated heterocycles. The summed E-state index contributed by atoms with van der Waals surface area (Å²) in [6.07, 6.45) is 8.42. The van der Waals surface area contributed by atoms with Gasteiger partial charge in [0, 0.05) is 13.2 Å². The SMILES string of the molecule is C=CC(=O)O[C@@H](/C=C\[C@H](CCCC)O[Si](C)(C)C(C)(C)C)[C@H](C=C)OCOC. The lowest BCUT2D eigenvalue weighted by Crippen LogP contribution is -2.43.